The second-order valence-electron chi connectivity index (χ2n) is 7.59. The van der Waals surface area contributed by atoms with E-state index in [-0.39, 0.29) is 25.0 Å². The van der Waals surface area contributed by atoms with Gasteiger partial charge in [0.25, 0.3) is 0 Å². The molecule has 3 saturated carbocycles. The van der Waals surface area contributed by atoms with Crippen LogP contribution in [-0.2, 0) is 20.5 Å². The predicted octanol–water partition coefficient (Wildman–Crippen LogP) is 2.17. The van der Waals surface area contributed by atoms with Gasteiger partial charge in [-0.3, -0.25) is 4.79 Å². The van der Waals surface area contributed by atoms with E-state index in [1.54, 1.807) is 0 Å². The first kappa shape index (κ1) is 15.2. The summed E-state index contributed by atoms with van der Waals surface area (Å²) in [5, 5.41) is 0. The van der Waals surface area contributed by atoms with Crippen molar-refractivity contribution in [2.75, 3.05) is 0 Å². The zero-order chi connectivity index (χ0) is 16.2. The van der Waals surface area contributed by atoms with Crippen LogP contribution in [0, 0.1) is 23.6 Å². The molecule has 0 aromatic heterocycles. The molecular formula is C18H23BNO3. The Morgan fingerprint density at radius 3 is 2.78 bits per heavy atom. The van der Waals surface area contributed by atoms with Gasteiger partial charge in [-0.1, -0.05) is 37.3 Å². The summed E-state index contributed by atoms with van der Waals surface area (Å²) in [5.41, 5.74) is 6.08. The van der Waals surface area contributed by atoms with Crippen molar-refractivity contribution in [1.82, 2.24) is 0 Å². The SMILES string of the molecule is C[C@@]12OB([CH]Cc3ccccc3)O[C@@H]1C[C@@H]1C[C@H]2[C@]1(C)C(N)=O. The van der Waals surface area contributed by atoms with Crippen molar-refractivity contribution in [3.05, 3.63) is 42.2 Å². The summed E-state index contributed by atoms with van der Waals surface area (Å²) in [4.78, 5) is 12.0. The number of hydrogen-bond acceptors (Lipinski definition) is 3. The topological polar surface area (TPSA) is 61.6 Å². The number of carbonyl (C=O) groups is 1. The number of primary amides is 1. The van der Waals surface area contributed by atoms with Crippen LogP contribution in [0.2, 0.25) is 0 Å². The first-order valence-electron chi connectivity index (χ1n) is 8.45. The highest BCUT2D eigenvalue weighted by Crippen LogP contribution is 2.65. The van der Waals surface area contributed by atoms with Crippen molar-refractivity contribution in [3.63, 3.8) is 0 Å². The second-order valence-corrected chi connectivity index (χ2v) is 7.59. The van der Waals surface area contributed by atoms with Crippen LogP contribution in [0.5, 0.6) is 0 Å². The van der Waals surface area contributed by atoms with E-state index in [0.29, 0.717) is 5.92 Å². The maximum atomic E-state index is 12.0. The molecular weight excluding hydrogens is 289 g/mol. The maximum Gasteiger partial charge on any atom is 0.461 e. The van der Waals surface area contributed by atoms with Crippen molar-refractivity contribution in [2.45, 2.75) is 44.8 Å². The first-order chi connectivity index (χ1) is 10.9. The molecule has 2 bridgehead atoms. The molecule has 4 fully saturated rings. The average molecular weight is 312 g/mol. The average Bonchev–Trinajstić information content (AvgIpc) is 2.88. The van der Waals surface area contributed by atoms with Crippen LogP contribution in [0.3, 0.4) is 0 Å². The lowest BCUT2D eigenvalue weighted by atomic mass is 9.42. The Morgan fingerprint density at radius 2 is 2.09 bits per heavy atom. The molecule has 5 heteroatoms. The Bertz CT molecular complexity index is 624. The monoisotopic (exact) mass is 312 g/mol. The molecule has 0 spiro atoms. The third-order valence-corrected chi connectivity index (χ3v) is 6.51. The van der Waals surface area contributed by atoms with E-state index in [1.807, 2.05) is 25.1 Å². The summed E-state index contributed by atoms with van der Waals surface area (Å²) in [5.74, 6) is 0.296. The Labute approximate surface area is 137 Å². The Morgan fingerprint density at radius 1 is 1.35 bits per heavy atom. The summed E-state index contributed by atoms with van der Waals surface area (Å²) in [7, 11) is -0.304. The molecule has 4 nitrogen and oxygen atoms in total. The second kappa shape index (κ2) is 5.08. The van der Waals surface area contributed by atoms with Crippen molar-refractivity contribution in [3.8, 4) is 0 Å². The van der Waals surface area contributed by atoms with Gasteiger partial charge in [-0.2, -0.15) is 0 Å². The summed E-state index contributed by atoms with van der Waals surface area (Å²) in [6, 6.07) is 10.3. The van der Waals surface area contributed by atoms with Gasteiger partial charge in [0.15, 0.2) is 0 Å². The van der Waals surface area contributed by atoms with Crippen LogP contribution >= 0.6 is 0 Å². The minimum absolute atomic E-state index is 0.0655. The summed E-state index contributed by atoms with van der Waals surface area (Å²) < 4.78 is 12.4. The molecule has 1 aliphatic heterocycles. The van der Waals surface area contributed by atoms with Crippen LogP contribution in [-0.4, -0.2) is 24.7 Å². The van der Waals surface area contributed by atoms with E-state index in [4.69, 9.17) is 15.0 Å². The Hall–Kier alpha value is -1.33. The van der Waals surface area contributed by atoms with Crippen LogP contribution < -0.4 is 5.73 Å². The standard InChI is InChI=1S/C18H23BNO3/c1-17(16(20)21)13-10-14(17)18(2)15(11-13)22-19(23-18)9-8-12-6-4-3-5-7-12/h3-7,9,13-15H,8,10-11H2,1-2H3,(H2,20,21)/t13-,14-,15+,17+,18-/m0/s1. The molecule has 1 amide bonds. The number of rotatable bonds is 4. The molecule has 121 valence electrons. The van der Waals surface area contributed by atoms with Crippen molar-refractivity contribution < 1.29 is 14.1 Å². The number of amides is 1. The minimum Gasteiger partial charge on any atom is -0.405 e. The molecule has 1 saturated heterocycles. The molecule has 5 rings (SSSR count). The van der Waals surface area contributed by atoms with Crippen LogP contribution in [0.15, 0.2) is 30.3 Å². The Kier molecular flexibility index (Phi) is 3.36. The highest BCUT2D eigenvalue weighted by Gasteiger charge is 2.71. The van der Waals surface area contributed by atoms with Crippen molar-refractivity contribution in [2.24, 2.45) is 23.0 Å². The van der Waals surface area contributed by atoms with Crippen LogP contribution in [0.1, 0.15) is 32.3 Å². The lowest BCUT2D eigenvalue weighted by Crippen LogP contribution is -2.70. The third kappa shape index (κ3) is 2.09. The van der Waals surface area contributed by atoms with E-state index >= 15 is 0 Å². The number of carbonyl (C=O) groups excluding carboxylic acids is 1. The fourth-order valence-corrected chi connectivity index (χ4v) is 4.90. The highest BCUT2D eigenvalue weighted by molar-refractivity contribution is 6.49. The van der Waals surface area contributed by atoms with Gasteiger partial charge in [0.1, 0.15) is 0 Å². The fourth-order valence-electron chi connectivity index (χ4n) is 4.90. The van der Waals surface area contributed by atoms with Crippen LogP contribution in [0.4, 0.5) is 0 Å². The molecule has 1 radical (unpaired) electrons. The molecule has 0 unspecified atom stereocenters. The molecule has 1 aromatic carbocycles. The lowest BCUT2D eigenvalue weighted by Gasteiger charge is -2.64. The molecule has 1 heterocycles. The normalized spacial score (nSPS) is 41.3. The highest BCUT2D eigenvalue weighted by atomic mass is 16.7. The molecule has 3 aliphatic carbocycles. The van der Waals surface area contributed by atoms with Gasteiger partial charge in [-0.15, -0.1) is 0 Å². The summed E-state index contributed by atoms with van der Waals surface area (Å²) >= 11 is 0. The summed E-state index contributed by atoms with van der Waals surface area (Å²) in [6.07, 6.45) is 4.84. The van der Waals surface area contributed by atoms with E-state index in [0.717, 1.165) is 19.3 Å². The summed E-state index contributed by atoms with van der Waals surface area (Å²) in [6.45, 7) is 4.09. The zero-order valence-corrected chi connectivity index (χ0v) is 13.7. The molecule has 5 atom stereocenters. The smallest absolute Gasteiger partial charge is 0.405 e. The van der Waals surface area contributed by atoms with Gasteiger partial charge >= 0.3 is 7.12 Å². The number of hydrogen-bond donors (Lipinski definition) is 1. The van der Waals surface area contributed by atoms with E-state index in [9.17, 15) is 4.79 Å². The van der Waals surface area contributed by atoms with Gasteiger partial charge in [0.2, 0.25) is 5.91 Å². The largest absolute Gasteiger partial charge is 0.461 e. The lowest BCUT2D eigenvalue weighted by molar-refractivity contribution is -0.207. The fraction of sp³-hybridized carbons (Fsp3) is 0.556. The van der Waals surface area contributed by atoms with Gasteiger partial charge in [-0.25, -0.2) is 0 Å². The quantitative estimate of drug-likeness (QED) is 0.867. The van der Waals surface area contributed by atoms with E-state index < -0.39 is 11.0 Å². The van der Waals surface area contributed by atoms with E-state index in [2.05, 4.69) is 25.4 Å². The molecule has 4 aliphatic rings. The van der Waals surface area contributed by atoms with Gasteiger partial charge < -0.3 is 15.0 Å². The zero-order valence-electron chi connectivity index (χ0n) is 13.7. The maximum absolute atomic E-state index is 12.0. The van der Waals surface area contributed by atoms with Gasteiger partial charge in [0.05, 0.1) is 17.1 Å². The minimum atomic E-state index is -0.442. The number of nitrogens with two attached hydrogens (primary N) is 1. The van der Waals surface area contributed by atoms with Crippen molar-refractivity contribution in [1.29, 1.82) is 0 Å². The molecule has 2 N–H and O–H groups in total. The Balaban J connectivity index is 1.46. The third-order valence-electron chi connectivity index (χ3n) is 6.51. The van der Waals surface area contributed by atoms with E-state index in [1.165, 1.54) is 5.56 Å². The van der Waals surface area contributed by atoms with Crippen LogP contribution in [0.25, 0.3) is 0 Å². The predicted molar refractivity (Wildman–Crippen MR) is 88.1 cm³/mol. The number of benzene rings is 1. The first-order valence-corrected chi connectivity index (χ1v) is 8.45. The molecule has 23 heavy (non-hydrogen) atoms. The van der Waals surface area contributed by atoms with Crippen molar-refractivity contribution >= 4 is 13.0 Å². The van der Waals surface area contributed by atoms with Gasteiger partial charge in [-0.05, 0) is 44.0 Å². The molecule has 1 aromatic rings. The van der Waals surface area contributed by atoms with Gasteiger partial charge in [0, 0.05) is 5.92 Å².